The van der Waals surface area contributed by atoms with E-state index in [1.165, 1.54) is 0 Å². The van der Waals surface area contributed by atoms with Crippen molar-refractivity contribution in [1.82, 2.24) is 14.9 Å². The zero-order valence-corrected chi connectivity index (χ0v) is 12.4. The van der Waals surface area contributed by atoms with Gasteiger partial charge in [0.15, 0.2) is 6.61 Å². The molecule has 1 aliphatic heterocycles. The van der Waals surface area contributed by atoms with Gasteiger partial charge in [0.1, 0.15) is 5.75 Å². The lowest BCUT2D eigenvalue weighted by Crippen LogP contribution is -2.30. The summed E-state index contributed by atoms with van der Waals surface area (Å²) >= 11 is 0. The zero-order valence-electron chi connectivity index (χ0n) is 12.4. The molecule has 8 heteroatoms. The van der Waals surface area contributed by atoms with Gasteiger partial charge in [-0.3, -0.25) is 4.79 Å². The molecule has 0 fully saturated rings. The van der Waals surface area contributed by atoms with Crippen LogP contribution in [0.3, 0.4) is 0 Å². The maximum atomic E-state index is 11.8. The van der Waals surface area contributed by atoms with Crippen molar-refractivity contribution in [3.05, 3.63) is 36.9 Å². The quantitative estimate of drug-likeness (QED) is 0.727. The number of carbonyl (C=O) groups is 2. The van der Waals surface area contributed by atoms with Crippen molar-refractivity contribution in [3.8, 4) is 5.75 Å². The van der Waals surface area contributed by atoms with Gasteiger partial charge in [-0.15, -0.1) is 0 Å². The summed E-state index contributed by atoms with van der Waals surface area (Å²) in [6, 6.07) is 4.80. The summed E-state index contributed by atoms with van der Waals surface area (Å²) in [6.07, 6.45) is 6.15. The highest BCUT2D eigenvalue weighted by Crippen LogP contribution is 2.30. The second-order valence-corrected chi connectivity index (χ2v) is 5.08. The Morgan fingerprint density at radius 3 is 3.17 bits per heavy atom. The highest BCUT2D eigenvalue weighted by Gasteiger charge is 2.16. The molecule has 1 aromatic heterocycles. The maximum absolute atomic E-state index is 11.8. The summed E-state index contributed by atoms with van der Waals surface area (Å²) in [7, 11) is 0. The molecule has 3 rings (SSSR count). The summed E-state index contributed by atoms with van der Waals surface area (Å²) in [6.45, 7) is 1.34. The third-order valence-corrected chi connectivity index (χ3v) is 3.31. The Labute approximate surface area is 132 Å². The van der Waals surface area contributed by atoms with Gasteiger partial charge in [0, 0.05) is 37.2 Å². The Hall–Kier alpha value is -3.03. The van der Waals surface area contributed by atoms with Crippen LogP contribution in [0.1, 0.15) is 6.42 Å². The molecule has 0 spiro atoms. The average molecular weight is 315 g/mol. The standard InChI is InChI=1S/C15H17N5O3/c21-14-9-23-13-8-11(2-3-12(13)19-14)18-15(22)17-4-1-6-20-7-5-16-10-20/h2-3,5,7-8,10H,1,4,6,9H2,(H,19,21)(H2,17,18,22). The molecule has 23 heavy (non-hydrogen) atoms. The third-order valence-electron chi connectivity index (χ3n) is 3.31. The summed E-state index contributed by atoms with van der Waals surface area (Å²) in [5, 5.41) is 8.22. The number of ether oxygens (including phenoxy) is 1. The van der Waals surface area contributed by atoms with Crippen molar-refractivity contribution in [2.75, 3.05) is 23.8 Å². The highest BCUT2D eigenvalue weighted by atomic mass is 16.5. The van der Waals surface area contributed by atoms with Gasteiger partial charge in [-0.05, 0) is 18.6 Å². The normalized spacial score (nSPS) is 12.8. The van der Waals surface area contributed by atoms with Gasteiger partial charge < -0.3 is 25.3 Å². The Morgan fingerprint density at radius 1 is 1.43 bits per heavy atom. The predicted octanol–water partition coefficient (Wildman–Crippen LogP) is 1.43. The number of rotatable bonds is 5. The smallest absolute Gasteiger partial charge is 0.319 e. The van der Waals surface area contributed by atoms with Gasteiger partial charge in [0.2, 0.25) is 0 Å². The number of nitrogens with zero attached hydrogens (tertiary/aromatic N) is 2. The van der Waals surface area contributed by atoms with Crippen LogP contribution in [0, 0.1) is 0 Å². The van der Waals surface area contributed by atoms with E-state index in [1.54, 1.807) is 30.7 Å². The Morgan fingerprint density at radius 2 is 2.35 bits per heavy atom. The first-order valence-corrected chi connectivity index (χ1v) is 7.28. The first kappa shape index (κ1) is 14.9. The number of carbonyl (C=O) groups excluding carboxylic acids is 2. The van der Waals surface area contributed by atoms with Crippen molar-refractivity contribution in [2.24, 2.45) is 0 Å². The third kappa shape index (κ3) is 4.00. The van der Waals surface area contributed by atoms with E-state index < -0.39 is 0 Å². The molecule has 2 heterocycles. The Balaban J connectivity index is 1.45. The van der Waals surface area contributed by atoms with Crippen LogP contribution in [0.2, 0.25) is 0 Å². The number of hydrogen-bond donors (Lipinski definition) is 3. The topological polar surface area (TPSA) is 97.3 Å². The molecule has 1 aliphatic rings. The van der Waals surface area contributed by atoms with E-state index in [1.807, 2.05) is 10.8 Å². The van der Waals surface area contributed by atoms with Crippen LogP contribution in [-0.4, -0.2) is 34.6 Å². The van der Waals surface area contributed by atoms with Crippen LogP contribution in [0.4, 0.5) is 16.2 Å². The number of urea groups is 1. The molecular formula is C15H17N5O3. The van der Waals surface area contributed by atoms with Gasteiger partial charge >= 0.3 is 6.03 Å². The van der Waals surface area contributed by atoms with E-state index in [0.29, 0.717) is 23.7 Å². The van der Waals surface area contributed by atoms with Crippen molar-refractivity contribution in [3.63, 3.8) is 0 Å². The number of hydrogen-bond acceptors (Lipinski definition) is 4. The summed E-state index contributed by atoms with van der Waals surface area (Å²) in [5.74, 6) is 0.358. The Kier molecular flexibility index (Phi) is 4.41. The molecule has 2 aromatic rings. The number of anilines is 2. The van der Waals surface area contributed by atoms with Gasteiger partial charge in [-0.2, -0.15) is 0 Å². The molecular weight excluding hydrogens is 298 g/mol. The molecule has 0 atom stereocenters. The van der Waals surface area contributed by atoms with Crippen LogP contribution in [0.15, 0.2) is 36.9 Å². The molecule has 120 valence electrons. The largest absolute Gasteiger partial charge is 0.482 e. The molecule has 3 N–H and O–H groups in total. The second kappa shape index (κ2) is 6.82. The second-order valence-electron chi connectivity index (χ2n) is 5.08. The number of nitrogens with one attached hydrogen (secondary N) is 3. The van der Waals surface area contributed by atoms with Crippen LogP contribution < -0.4 is 20.7 Å². The average Bonchev–Trinajstić information content (AvgIpc) is 3.05. The molecule has 1 aromatic carbocycles. The molecule has 0 aliphatic carbocycles. The van der Waals surface area contributed by atoms with Crippen LogP contribution >= 0.6 is 0 Å². The van der Waals surface area contributed by atoms with Gasteiger partial charge in [0.05, 0.1) is 12.0 Å². The minimum atomic E-state index is -0.282. The lowest BCUT2D eigenvalue weighted by Gasteiger charge is -2.18. The van der Waals surface area contributed by atoms with E-state index in [2.05, 4.69) is 20.9 Å². The van der Waals surface area contributed by atoms with E-state index in [9.17, 15) is 9.59 Å². The number of benzene rings is 1. The maximum Gasteiger partial charge on any atom is 0.319 e. The number of aryl methyl sites for hydroxylation is 1. The SMILES string of the molecule is O=C1COc2cc(NC(=O)NCCCn3ccnc3)ccc2N1. The van der Waals surface area contributed by atoms with Crippen molar-refractivity contribution in [1.29, 1.82) is 0 Å². The monoisotopic (exact) mass is 315 g/mol. The molecule has 0 saturated heterocycles. The fraction of sp³-hybridized carbons (Fsp3) is 0.267. The first-order valence-electron chi connectivity index (χ1n) is 7.28. The lowest BCUT2D eigenvalue weighted by atomic mass is 10.2. The molecule has 8 nitrogen and oxygen atoms in total. The zero-order chi connectivity index (χ0) is 16.1. The molecule has 0 unspecified atom stereocenters. The molecule has 3 amide bonds. The van der Waals surface area contributed by atoms with Crippen LogP contribution in [-0.2, 0) is 11.3 Å². The van der Waals surface area contributed by atoms with E-state index >= 15 is 0 Å². The Bertz CT molecular complexity index is 699. The number of amides is 3. The fourth-order valence-electron chi connectivity index (χ4n) is 2.21. The predicted molar refractivity (Wildman–Crippen MR) is 84.4 cm³/mol. The van der Waals surface area contributed by atoms with Crippen molar-refractivity contribution < 1.29 is 14.3 Å². The first-order chi connectivity index (χ1) is 11.2. The van der Waals surface area contributed by atoms with Crippen LogP contribution in [0.25, 0.3) is 0 Å². The minimum Gasteiger partial charge on any atom is -0.482 e. The van der Waals surface area contributed by atoms with Crippen molar-refractivity contribution in [2.45, 2.75) is 13.0 Å². The highest BCUT2D eigenvalue weighted by molar-refractivity contribution is 5.96. The van der Waals surface area contributed by atoms with E-state index in [0.717, 1.165) is 13.0 Å². The summed E-state index contributed by atoms with van der Waals surface area (Å²) < 4.78 is 7.26. The summed E-state index contributed by atoms with van der Waals surface area (Å²) in [5.41, 5.74) is 1.21. The van der Waals surface area contributed by atoms with Gasteiger partial charge in [0.25, 0.3) is 5.91 Å². The summed E-state index contributed by atoms with van der Waals surface area (Å²) in [4.78, 5) is 27.0. The number of fused-ring (bicyclic) bond motifs is 1. The molecule has 0 bridgehead atoms. The van der Waals surface area contributed by atoms with Gasteiger partial charge in [-0.1, -0.05) is 0 Å². The molecule has 0 radical (unpaired) electrons. The number of imidazole rings is 1. The minimum absolute atomic E-state index is 0.0170. The number of aromatic nitrogens is 2. The van der Waals surface area contributed by atoms with Crippen molar-refractivity contribution >= 4 is 23.3 Å². The lowest BCUT2D eigenvalue weighted by molar-refractivity contribution is -0.118. The van der Waals surface area contributed by atoms with E-state index in [4.69, 9.17) is 4.74 Å². The fourth-order valence-corrected chi connectivity index (χ4v) is 2.21. The van der Waals surface area contributed by atoms with E-state index in [-0.39, 0.29) is 18.5 Å². The molecule has 0 saturated carbocycles. The van der Waals surface area contributed by atoms with Gasteiger partial charge in [-0.25, -0.2) is 9.78 Å². The van der Waals surface area contributed by atoms with Crippen LogP contribution in [0.5, 0.6) is 5.75 Å².